The van der Waals surface area contributed by atoms with Gasteiger partial charge in [0, 0.05) is 19.8 Å². The van der Waals surface area contributed by atoms with E-state index in [-0.39, 0.29) is 13.2 Å². The highest BCUT2D eigenvalue weighted by atomic mass is 16.5. The number of aliphatic hydroxyl groups excluding tert-OH is 2. The molecule has 0 bridgehead atoms. The van der Waals surface area contributed by atoms with Crippen LogP contribution in [0.3, 0.4) is 0 Å². The molecule has 0 fully saturated rings. The molecule has 0 rings (SSSR count). The zero-order valence-corrected chi connectivity index (χ0v) is 19.9. The highest BCUT2D eigenvalue weighted by molar-refractivity contribution is 4.81. The topological polar surface area (TPSA) is 58.9 Å². The fraction of sp³-hybridized carbons (Fsp3) is 0.920. The van der Waals surface area contributed by atoms with Crippen LogP contribution in [-0.2, 0) is 9.47 Å². The summed E-state index contributed by atoms with van der Waals surface area (Å²) in [5.74, 6) is 0. The average molecular weight is 417 g/mol. The van der Waals surface area contributed by atoms with Crippen molar-refractivity contribution in [3.63, 3.8) is 0 Å². The summed E-state index contributed by atoms with van der Waals surface area (Å²) in [6.45, 7) is 8.66. The lowest BCUT2D eigenvalue weighted by Gasteiger charge is -2.07. The monoisotopic (exact) mass is 416 g/mol. The molecule has 0 aliphatic carbocycles. The van der Waals surface area contributed by atoms with Crippen molar-refractivity contribution in [2.75, 3.05) is 33.0 Å². The van der Waals surface area contributed by atoms with E-state index in [1.54, 1.807) is 0 Å². The van der Waals surface area contributed by atoms with E-state index in [1.165, 1.54) is 83.5 Å². The van der Waals surface area contributed by atoms with Gasteiger partial charge in [0.1, 0.15) is 6.10 Å². The Labute approximate surface area is 182 Å². The Hall–Kier alpha value is -0.420. The number of rotatable bonds is 21. The van der Waals surface area contributed by atoms with Gasteiger partial charge in [0.05, 0.1) is 13.2 Å². The number of hydrogen-bond donors (Lipinski definition) is 2. The van der Waals surface area contributed by atoms with Crippen molar-refractivity contribution in [3.05, 3.63) is 12.2 Å². The lowest BCUT2D eigenvalue weighted by atomic mass is 10.1. The SMILES string of the molecule is CCCCCCCC/C=C/CCCCCCCCOCC(O)CO.CCOCC. The minimum Gasteiger partial charge on any atom is -0.394 e. The molecule has 176 valence electrons. The molecule has 0 aromatic carbocycles. The van der Waals surface area contributed by atoms with E-state index >= 15 is 0 Å². The predicted octanol–water partition coefficient (Wildman–Crippen LogP) is 6.44. The molecule has 0 saturated carbocycles. The van der Waals surface area contributed by atoms with E-state index < -0.39 is 6.10 Å². The van der Waals surface area contributed by atoms with Crippen LogP contribution >= 0.6 is 0 Å². The lowest BCUT2D eigenvalue weighted by Crippen LogP contribution is -2.19. The second kappa shape index (κ2) is 29.8. The van der Waals surface area contributed by atoms with Crippen molar-refractivity contribution >= 4 is 0 Å². The van der Waals surface area contributed by atoms with Crippen molar-refractivity contribution in [1.82, 2.24) is 0 Å². The third-order valence-electron chi connectivity index (χ3n) is 4.73. The Morgan fingerprint density at radius 1 is 0.655 bits per heavy atom. The summed E-state index contributed by atoms with van der Waals surface area (Å²) in [6.07, 6.45) is 22.3. The van der Waals surface area contributed by atoms with Crippen molar-refractivity contribution in [1.29, 1.82) is 0 Å². The molecule has 0 amide bonds. The van der Waals surface area contributed by atoms with Gasteiger partial charge in [-0.3, -0.25) is 0 Å². The zero-order valence-electron chi connectivity index (χ0n) is 19.9. The third-order valence-corrected chi connectivity index (χ3v) is 4.73. The van der Waals surface area contributed by atoms with Crippen LogP contribution in [0.15, 0.2) is 12.2 Å². The van der Waals surface area contributed by atoms with Gasteiger partial charge in [-0.2, -0.15) is 0 Å². The number of hydrogen-bond acceptors (Lipinski definition) is 4. The van der Waals surface area contributed by atoms with Gasteiger partial charge in [0.2, 0.25) is 0 Å². The van der Waals surface area contributed by atoms with E-state index in [0.717, 1.165) is 19.6 Å². The third kappa shape index (κ3) is 32.5. The molecule has 4 nitrogen and oxygen atoms in total. The van der Waals surface area contributed by atoms with Crippen LogP contribution in [0.25, 0.3) is 0 Å². The molecule has 2 N–H and O–H groups in total. The second-order valence-corrected chi connectivity index (χ2v) is 7.63. The summed E-state index contributed by atoms with van der Waals surface area (Å²) in [5.41, 5.74) is 0. The molecular weight excluding hydrogens is 364 g/mol. The predicted molar refractivity (Wildman–Crippen MR) is 126 cm³/mol. The Bertz CT molecular complexity index is 293. The van der Waals surface area contributed by atoms with Gasteiger partial charge < -0.3 is 19.7 Å². The van der Waals surface area contributed by atoms with Gasteiger partial charge >= 0.3 is 0 Å². The van der Waals surface area contributed by atoms with Crippen LogP contribution in [0.1, 0.15) is 111 Å². The van der Waals surface area contributed by atoms with Crippen LogP contribution in [-0.4, -0.2) is 49.4 Å². The van der Waals surface area contributed by atoms with Crippen molar-refractivity contribution < 1.29 is 19.7 Å². The van der Waals surface area contributed by atoms with Crippen LogP contribution in [0.2, 0.25) is 0 Å². The van der Waals surface area contributed by atoms with E-state index in [2.05, 4.69) is 19.1 Å². The smallest absolute Gasteiger partial charge is 0.100 e. The molecule has 0 aliphatic rings. The van der Waals surface area contributed by atoms with E-state index in [1.807, 2.05) is 13.8 Å². The average Bonchev–Trinajstić information content (AvgIpc) is 2.73. The van der Waals surface area contributed by atoms with Crippen LogP contribution in [0.5, 0.6) is 0 Å². The van der Waals surface area contributed by atoms with Gasteiger partial charge in [-0.1, -0.05) is 76.9 Å². The van der Waals surface area contributed by atoms with Gasteiger partial charge in [0.15, 0.2) is 0 Å². The molecular formula is C25H52O4. The van der Waals surface area contributed by atoms with Crippen molar-refractivity contribution in [3.8, 4) is 0 Å². The Morgan fingerprint density at radius 3 is 1.59 bits per heavy atom. The molecule has 0 saturated heterocycles. The standard InChI is InChI=1S/C21H42O3.C4H10O/c1-2-3-4-5-6-7-8-9-10-11-12-13-14-15-16-17-18-24-20-21(23)19-22;1-3-5-4-2/h9-10,21-23H,2-8,11-20H2,1H3;3-4H2,1-2H3/b10-9+;. The molecule has 0 spiro atoms. The zero-order chi connectivity index (χ0) is 21.8. The van der Waals surface area contributed by atoms with Crippen molar-refractivity contribution in [2.45, 2.75) is 117 Å². The number of allylic oxidation sites excluding steroid dienone is 2. The summed E-state index contributed by atoms with van der Waals surface area (Å²) in [4.78, 5) is 0. The summed E-state index contributed by atoms with van der Waals surface area (Å²) < 4.78 is 10.1. The molecule has 0 aromatic heterocycles. The first-order valence-corrected chi connectivity index (χ1v) is 12.3. The van der Waals surface area contributed by atoms with Gasteiger partial charge in [-0.15, -0.1) is 0 Å². The fourth-order valence-electron chi connectivity index (χ4n) is 2.93. The largest absolute Gasteiger partial charge is 0.394 e. The first-order chi connectivity index (χ1) is 14.2. The minimum atomic E-state index is -0.723. The molecule has 0 aliphatic heterocycles. The van der Waals surface area contributed by atoms with E-state index in [0.29, 0.717) is 6.61 Å². The Balaban J connectivity index is 0. The highest BCUT2D eigenvalue weighted by Crippen LogP contribution is 2.10. The summed E-state index contributed by atoms with van der Waals surface area (Å²) in [6, 6.07) is 0. The normalized spacial score (nSPS) is 12.2. The molecule has 0 aromatic rings. The van der Waals surface area contributed by atoms with Crippen LogP contribution < -0.4 is 0 Å². The molecule has 4 heteroatoms. The number of aliphatic hydroxyl groups is 2. The fourth-order valence-corrected chi connectivity index (χ4v) is 2.93. The number of ether oxygens (including phenoxy) is 2. The molecule has 1 atom stereocenters. The first kappa shape index (κ1) is 30.8. The maximum atomic E-state index is 9.11. The quantitative estimate of drug-likeness (QED) is 0.167. The number of unbranched alkanes of at least 4 members (excludes halogenated alkanes) is 12. The molecule has 0 heterocycles. The molecule has 29 heavy (non-hydrogen) atoms. The maximum absolute atomic E-state index is 9.11. The Kier molecular flexibility index (Phi) is 31.6. The van der Waals surface area contributed by atoms with Gasteiger partial charge in [0.25, 0.3) is 0 Å². The van der Waals surface area contributed by atoms with Crippen molar-refractivity contribution in [2.24, 2.45) is 0 Å². The second-order valence-electron chi connectivity index (χ2n) is 7.63. The van der Waals surface area contributed by atoms with Gasteiger partial charge in [-0.05, 0) is 46.0 Å². The van der Waals surface area contributed by atoms with Gasteiger partial charge in [-0.25, -0.2) is 0 Å². The van der Waals surface area contributed by atoms with Crippen LogP contribution in [0.4, 0.5) is 0 Å². The summed E-state index contributed by atoms with van der Waals surface area (Å²) >= 11 is 0. The summed E-state index contributed by atoms with van der Waals surface area (Å²) in [5, 5.41) is 17.8. The first-order valence-electron chi connectivity index (χ1n) is 12.3. The molecule has 1 unspecified atom stereocenters. The highest BCUT2D eigenvalue weighted by Gasteiger charge is 2.00. The Morgan fingerprint density at radius 2 is 1.14 bits per heavy atom. The molecule has 0 radical (unpaired) electrons. The van der Waals surface area contributed by atoms with E-state index in [9.17, 15) is 0 Å². The summed E-state index contributed by atoms with van der Waals surface area (Å²) in [7, 11) is 0. The van der Waals surface area contributed by atoms with Crippen LogP contribution in [0, 0.1) is 0 Å². The maximum Gasteiger partial charge on any atom is 0.100 e. The van der Waals surface area contributed by atoms with E-state index in [4.69, 9.17) is 19.7 Å². The lowest BCUT2D eigenvalue weighted by molar-refractivity contribution is 0.00526. The minimum absolute atomic E-state index is 0.215.